The Labute approximate surface area is 210 Å². The van der Waals surface area contributed by atoms with Gasteiger partial charge in [-0.3, -0.25) is 4.79 Å². The number of ether oxygens (including phenoxy) is 8. The molecule has 11 nitrogen and oxygen atoms in total. The molecule has 0 saturated carbocycles. The highest BCUT2D eigenvalue weighted by molar-refractivity contribution is 5.69. The number of hydrogen-bond acceptors (Lipinski definition) is 10. The summed E-state index contributed by atoms with van der Waals surface area (Å²) in [5.74, 6) is -0.267. The van der Waals surface area contributed by atoms with Gasteiger partial charge in [0.1, 0.15) is 11.2 Å². The second kappa shape index (κ2) is 20.7. The zero-order chi connectivity index (χ0) is 26.4. The van der Waals surface area contributed by atoms with E-state index in [1.807, 2.05) is 41.5 Å². The van der Waals surface area contributed by atoms with Gasteiger partial charge in [-0.25, -0.2) is 4.79 Å². The smallest absolute Gasteiger partial charge is 0.407 e. The van der Waals surface area contributed by atoms with E-state index < -0.39 is 17.3 Å². The zero-order valence-electron chi connectivity index (χ0n) is 22.5. The molecule has 0 aliphatic carbocycles. The van der Waals surface area contributed by atoms with E-state index in [0.29, 0.717) is 85.8 Å². The summed E-state index contributed by atoms with van der Waals surface area (Å²) >= 11 is 0. The highest BCUT2D eigenvalue weighted by atomic mass is 16.6. The second-order valence-electron chi connectivity index (χ2n) is 9.44. The fourth-order valence-electron chi connectivity index (χ4n) is 2.29. The fraction of sp³-hybridized carbons (Fsp3) is 0.917. The maximum atomic E-state index is 11.5. The van der Waals surface area contributed by atoms with Crippen molar-refractivity contribution in [2.45, 2.75) is 59.2 Å². The molecule has 0 aromatic heterocycles. The van der Waals surface area contributed by atoms with Gasteiger partial charge >= 0.3 is 12.1 Å². The Hall–Kier alpha value is -1.50. The van der Waals surface area contributed by atoms with Gasteiger partial charge in [0.15, 0.2) is 0 Å². The first-order chi connectivity index (χ1) is 16.5. The third-order valence-electron chi connectivity index (χ3n) is 3.65. The summed E-state index contributed by atoms with van der Waals surface area (Å²) in [6, 6.07) is 0. The number of rotatable bonds is 21. The summed E-state index contributed by atoms with van der Waals surface area (Å²) in [7, 11) is 0. The number of hydrogen-bond donors (Lipinski definition) is 1. The number of alkyl carbamates (subject to hydrolysis) is 1. The van der Waals surface area contributed by atoms with Crippen LogP contribution in [-0.4, -0.2) is 109 Å². The summed E-state index contributed by atoms with van der Waals surface area (Å²) in [5, 5.41) is 2.62. The monoisotopic (exact) mass is 509 g/mol. The lowest BCUT2D eigenvalue weighted by Crippen LogP contribution is -2.34. The molecule has 0 fully saturated rings. The van der Waals surface area contributed by atoms with Crippen molar-refractivity contribution in [1.29, 1.82) is 0 Å². The maximum Gasteiger partial charge on any atom is 0.407 e. The third kappa shape index (κ3) is 28.6. The van der Waals surface area contributed by atoms with Gasteiger partial charge in [0.05, 0.1) is 85.7 Å². The van der Waals surface area contributed by atoms with Gasteiger partial charge in [-0.1, -0.05) is 0 Å². The molecule has 0 atom stereocenters. The molecule has 0 bridgehead atoms. The Morgan fingerprint density at radius 1 is 0.514 bits per heavy atom. The van der Waals surface area contributed by atoms with E-state index in [9.17, 15) is 9.59 Å². The van der Waals surface area contributed by atoms with Crippen LogP contribution in [0.25, 0.3) is 0 Å². The predicted octanol–water partition coefficient (Wildman–Crippen LogP) is 2.34. The SMILES string of the molecule is CC(C)(C)OC(=O)CCOCCOCCOCCOCCOCCOCCNC(=O)OC(C)(C)C. The van der Waals surface area contributed by atoms with Crippen molar-refractivity contribution in [2.24, 2.45) is 0 Å². The largest absolute Gasteiger partial charge is 0.460 e. The van der Waals surface area contributed by atoms with Crippen LogP contribution in [0, 0.1) is 0 Å². The third-order valence-corrected chi connectivity index (χ3v) is 3.65. The molecular formula is C24H47NO10. The number of nitrogens with one attached hydrogen (secondary N) is 1. The molecule has 0 spiro atoms. The molecule has 0 rings (SSSR count). The summed E-state index contributed by atoms with van der Waals surface area (Å²) in [4.78, 5) is 23.0. The lowest BCUT2D eigenvalue weighted by atomic mass is 10.2. The molecule has 0 saturated heterocycles. The molecule has 0 aliphatic heterocycles. The summed E-state index contributed by atoms with van der Waals surface area (Å²) in [6.45, 7) is 16.6. The standard InChI is InChI=1S/C24H47NO10/c1-23(2,3)34-21(26)7-9-28-11-13-30-15-17-32-19-20-33-18-16-31-14-12-29-10-8-25-22(27)35-24(4,5)6/h7-20H2,1-6H3,(H,25,27). The maximum absolute atomic E-state index is 11.5. The molecule has 0 aromatic rings. The summed E-state index contributed by atoms with van der Waals surface area (Å²) < 4.78 is 42.6. The van der Waals surface area contributed by atoms with Crippen molar-refractivity contribution in [2.75, 3.05) is 85.8 Å². The van der Waals surface area contributed by atoms with Crippen LogP contribution in [0.5, 0.6) is 0 Å². The molecule has 0 aromatic carbocycles. The van der Waals surface area contributed by atoms with E-state index in [4.69, 9.17) is 37.9 Å². The Kier molecular flexibility index (Phi) is 19.8. The van der Waals surface area contributed by atoms with Gasteiger partial charge in [0.2, 0.25) is 0 Å². The summed E-state index contributed by atoms with van der Waals surface area (Å²) in [6.07, 6.45) is -0.224. The first-order valence-corrected chi connectivity index (χ1v) is 12.1. The van der Waals surface area contributed by atoms with Crippen molar-refractivity contribution in [3.63, 3.8) is 0 Å². The van der Waals surface area contributed by atoms with Gasteiger partial charge < -0.3 is 43.2 Å². The van der Waals surface area contributed by atoms with E-state index in [1.165, 1.54) is 0 Å². The topological polar surface area (TPSA) is 120 Å². The number of carbonyl (C=O) groups excluding carboxylic acids is 2. The van der Waals surface area contributed by atoms with Crippen molar-refractivity contribution in [1.82, 2.24) is 5.32 Å². The van der Waals surface area contributed by atoms with Gasteiger partial charge in [-0.05, 0) is 41.5 Å². The quantitative estimate of drug-likeness (QED) is 0.182. The van der Waals surface area contributed by atoms with Crippen LogP contribution in [0.4, 0.5) is 4.79 Å². The molecular weight excluding hydrogens is 462 g/mol. The molecule has 1 amide bonds. The Bertz CT molecular complexity index is 485. The highest BCUT2D eigenvalue weighted by Crippen LogP contribution is 2.08. The Morgan fingerprint density at radius 3 is 1.23 bits per heavy atom. The van der Waals surface area contributed by atoms with Crippen LogP contribution in [0.15, 0.2) is 0 Å². The molecule has 208 valence electrons. The zero-order valence-corrected chi connectivity index (χ0v) is 22.5. The van der Waals surface area contributed by atoms with Crippen molar-refractivity contribution in [3.8, 4) is 0 Å². The summed E-state index contributed by atoms with van der Waals surface area (Å²) in [5.41, 5.74) is -0.982. The molecule has 0 unspecified atom stereocenters. The van der Waals surface area contributed by atoms with Gasteiger partial charge in [-0.2, -0.15) is 0 Å². The number of esters is 1. The highest BCUT2D eigenvalue weighted by Gasteiger charge is 2.16. The van der Waals surface area contributed by atoms with Crippen LogP contribution >= 0.6 is 0 Å². The minimum absolute atomic E-state index is 0.230. The lowest BCUT2D eigenvalue weighted by molar-refractivity contribution is -0.156. The molecule has 35 heavy (non-hydrogen) atoms. The normalized spacial score (nSPS) is 11.9. The number of amides is 1. The Morgan fingerprint density at radius 2 is 0.857 bits per heavy atom. The van der Waals surface area contributed by atoms with E-state index in [0.717, 1.165) is 0 Å². The average Bonchev–Trinajstić information content (AvgIpc) is 2.72. The fourth-order valence-corrected chi connectivity index (χ4v) is 2.29. The second-order valence-corrected chi connectivity index (χ2v) is 9.44. The lowest BCUT2D eigenvalue weighted by Gasteiger charge is -2.19. The van der Waals surface area contributed by atoms with Crippen LogP contribution in [-0.2, 0) is 42.7 Å². The predicted molar refractivity (Wildman–Crippen MR) is 130 cm³/mol. The van der Waals surface area contributed by atoms with E-state index in [1.54, 1.807) is 0 Å². The van der Waals surface area contributed by atoms with Crippen molar-refractivity contribution < 1.29 is 47.5 Å². The first-order valence-electron chi connectivity index (χ1n) is 12.1. The minimum atomic E-state index is -0.509. The van der Waals surface area contributed by atoms with Gasteiger partial charge in [-0.15, -0.1) is 0 Å². The molecule has 0 aliphatic rings. The van der Waals surface area contributed by atoms with Crippen molar-refractivity contribution >= 4 is 12.1 Å². The van der Waals surface area contributed by atoms with Crippen LogP contribution in [0.2, 0.25) is 0 Å². The van der Waals surface area contributed by atoms with Crippen molar-refractivity contribution in [3.05, 3.63) is 0 Å². The molecule has 0 heterocycles. The average molecular weight is 510 g/mol. The minimum Gasteiger partial charge on any atom is -0.460 e. The number of carbonyl (C=O) groups is 2. The van der Waals surface area contributed by atoms with Gasteiger partial charge in [0, 0.05) is 6.54 Å². The molecule has 11 heteroatoms. The van der Waals surface area contributed by atoms with Crippen LogP contribution in [0.1, 0.15) is 48.0 Å². The van der Waals surface area contributed by atoms with E-state index in [-0.39, 0.29) is 12.4 Å². The van der Waals surface area contributed by atoms with Crippen LogP contribution < -0.4 is 5.32 Å². The Balaban J connectivity index is 3.20. The van der Waals surface area contributed by atoms with Gasteiger partial charge in [0.25, 0.3) is 0 Å². The van der Waals surface area contributed by atoms with E-state index in [2.05, 4.69) is 5.32 Å². The van der Waals surface area contributed by atoms with E-state index >= 15 is 0 Å². The molecule has 1 N–H and O–H groups in total. The first kappa shape index (κ1) is 33.5. The molecule has 0 radical (unpaired) electrons. The van der Waals surface area contributed by atoms with Crippen LogP contribution in [0.3, 0.4) is 0 Å².